The van der Waals surface area contributed by atoms with Gasteiger partial charge in [0.05, 0.1) is 35.3 Å². The first kappa shape index (κ1) is 26.6. The third kappa shape index (κ3) is 5.60. The molecule has 10 heteroatoms. The number of esters is 1. The highest BCUT2D eigenvalue weighted by Crippen LogP contribution is 2.43. The number of hydrogen-bond acceptors (Lipinski definition) is 7. The Kier molecular flexibility index (Phi) is 8.40. The van der Waals surface area contributed by atoms with E-state index in [-0.39, 0.29) is 12.2 Å². The molecule has 1 heterocycles. The Balaban J connectivity index is 1.80. The van der Waals surface area contributed by atoms with E-state index in [2.05, 4.69) is 37.0 Å². The van der Waals surface area contributed by atoms with Gasteiger partial charge in [-0.2, -0.15) is 9.78 Å². The quantitative estimate of drug-likeness (QED) is 0.181. The number of halogens is 2. The molecular formula is C27H23Br2N3O5. The van der Waals surface area contributed by atoms with E-state index in [9.17, 15) is 9.59 Å². The number of fused-ring (bicyclic) bond motifs is 1. The normalized spacial score (nSPS) is 12.0. The van der Waals surface area contributed by atoms with Gasteiger partial charge in [-0.3, -0.25) is 4.79 Å². The number of aromatic nitrogens is 2. The Hall–Kier alpha value is -3.50. The predicted molar refractivity (Wildman–Crippen MR) is 150 cm³/mol. The van der Waals surface area contributed by atoms with E-state index >= 15 is 0 Å². The molecule has 190 valence electrons. The number of benzene rings is 3. The summed E-state index contributed by atoms with van der Waals surface area (Å²) in [6.07, 6.45) is 0.674. The summed E-state index contributed by atoms with van der Waals surface area (Å²) < 4.78 is 18.8. The Morgan fingerprint density at radius 1 is 1.11 bits per heavy atom. The SMILES string of the molecule is CCOC(=O)[C@H](C)Oc1c(OC)cc(C=Nn2c(-c3ccccc3)nc3ccccc3c2=O)c(Br)c1Br. The lowest BCUT2D eigenvalue weighted by molar-refractivity contribution is -0.150. The first-order valence-corrected chi connectivity index (χ1v) is 12.9. The molecule has 4 rings (SSSR count). The summed E-state index contributed by atoms with van der Waals surface area (Å²) in [6, 6.07) is 18.2. The molecule has 0 spiro atoms. The van der Waals surface area contributed by atoms with Gasteiger partial charge < -0.3 is 14.2 Å². The van der Waals surface area contributed by atoms with Crippen LogP contribution in [0, 0.1) is 0 Å². The van der Waals surface area contributed by atoms with E-state index in [4.69, 9.17) is 19.2 Å². The molecule has 0 aliphatic heterocycles. The number of rotatable bonds is 8. The fourth-order valence-corrected chi connectivity index (χ4v) is 4.48. The number of nitrogens with zero attached hydrogens (tertiary/aromatic N) is 3. The summed E-state index contributed by atoms with van der Waals surface area (Å²) in [7, 11) is 1.49. The lowest BCUT2D eigenvalue weighted by atomic mass is 10.2. The van der Waals surface area contributed by atoms with Crippen LogP contribution in [-0.4, -0.2) is 41.7 Å². The molecule has 37 heavy (non-hydrogen) atoms. The average molecular weight is 629 g/mol. The van der Waals surface area contributed by atoms with E-state index in [0.717, 1.165) is 5.56 Å². The zero-order chi connectivity index (χ0) is 26.5. The minimum atomic E-state index is -0.854. The van der Waals surface area contributed by atoms with Gasteiger partial charge in [0.2, 0.25) is 0 Å². The molecule has 0 fully saturated rings. The van der Waals surface area contributed by atoms with Gasteiger partial charge in [0.1, 0.15) is 0 Å². The van der Waals surface area contributed by atoms with E-state index in [1.807, 2.05) is 36.4 Å². The van der Waals surface area contributed by atoms with Gasteiger partial charge in [-0.1, -0.05) is 42.5 Å². The van der Waals surface area contributed by atoms with E-state index in [0.29, 0.717) is 42.7 Å². The third-order valence-electron chi connectivity index (χ3n) is 5.39. The number of carbonyl (C=O) groups is 1. The molecule has 0 unspecified atom stereocenters. The van der Waals surface area contributed by atoms with Crippen molar-refractivity contribution in [3.63, 3.8) is 0 Å². The van der Waals surface area contributed by atoms with Gasteiger partial charge in [0.15, 0.2) is 23.4 Å². The number of para-hydroxylation sites is 1. The summed E-state index contributed by atoms with van der Waals surface area (Å²) in [5.74, 6) is 0.599. The Morgan fingerprint density at radius 2 is 1.81 bits per heavy atom. The smallest absolute Gasteiger partial charge is 0.347 e. The van der Waals surface area contributed by atoms with Gasteiger partial charge in [0.25, 0.3) is 5.56 Å². The second kappa shape index (κ2) is 11.7. The van der Waals surface area contributed by atoms with Crippen LogP contribution in [0.5, 0.6) is 11.5 Å². The molecule has 0 amide bonds. The molecular weight excluding hydrogens is 606 g/mol. The number of ether oxygens (including phenoxy) is 3. The summed E-state index contributed by atoms with van der Waals surface area (Å²) in [5, 5.41) is 4.97. The van der Waals surface area contributed by atoms with Crippen LogP contribution in [0.1, 0.15) is 19.4 Å². The van der Waals surface area contributed by atoms with Crippen molar-refractivity contribution < 1.29 is 19.0 Å². The van der Waals surface area contributed by atoms with Crippen LogP contribution in [0.2, 0.25) is 0 Å². The monoisotopic (exact) mass is 627 g/mol. The van der Waals surface area contributed by atoms with Crippen LogP contribution in [0.4, 0.5) is 0 Å². The highest BCUT2D eigenvalue weighted by Gasteiger charge is 2.23. The second-order valence-electron chi connectivity index (χ2n) is 7.82. The van der Waals surface area contributed by atoms with Crippen LogP contribution in [0.3, 0.4) is 0 Å². The highest BCUT2D eigenvalue weighted by atomic mass is 79.9. The summed E-state index contributed by atoms with van der Waals surface area (Å²) in [6.45, 7) is 3.57. The molecule has 0 saturated carbocycles. The minimum absolute atomic E-state index is 0.248. The third-order valence-corrected chi connectivity index (χ3v) is 7.53. The topological polar surface area (TPSA) is 92.0 Å². The fraction of sp³-hybridized carbons (Fsp3) is 0.185. The largest absolute Gasteiger partial charge is 0.493 e. The van der Waals surface area contributed by atoms with Crippen LogP contribution in [0.15, 0.2) is 79.5 Å². The number of carbonyl (C=O) groups excluding carboxylic acids is 1. The van der Waals surface area contributed by atoms with Crippen molar-refractivity contribution in [3.8, 4) is 22.9 Å². The fourth-order valence-electron chi connectivity index (χ4n) is 3.57. The van der Waals surface area contributed by atoms with Crippen molar-refractivity contribution in [3.05, 3.63) is 85.5 Å². The minimum Gasteiger partial charge on any atom is -0.493 e. The molecule has 1 atom stereocenters. The molecule has 0 aliphatic carbocycles. The van der Waals surface area contributed by atoms with Crippen LogP contribution in [0.25, 0.3) is 22.3 Å². The zero-order valence-corrected chi connectivity index (χ0v) is 23.4. The summed E-state index contributed by atoms with van der Waals surface area (Å²) in [5.41, 5.74) is 1.63. The van der Waals surface area contributed by atoms with Gasteiger partial charge in [-0.25, -0.2) is 9.78 Å². The molecule has 0 saturated heterocycles. The van der Waals surface area contributed by atoms with Crippen LogP contribution >= 0.6 is 31.9 Å². The maximum absolute atomic E-state index is 13.4. The first-order valence-electron chi connectivity index (χ1n) is 11.4. The molecule has 8 nitrogen and oxygen atoms in total. The highest BCUT2D eigenvalue weighted by molar-refractivity contribution is 9.13. The van der Waals surface area contributed by atoms with Gasteiger partial charge >= 0.3 is 5.97 Å². The maximum Gasteiger partial charge on any atom is 0.347 e. The first-order chi connectivity index (χ1) is 17.8. The maximum atomic E-state index is 13.4. The molecule has 3 aromatic carbocycles. The predicted octanol–water partition coefficient (Wildman–Crippen LogP) is 5.81. The van der Waals surface area contributed by atoms with Crippen molar-refractivity contribution >= 4 is 54.9 Å². The molecule has 0 aliphatic rings. The van der Waals surface area contributed by atoms with Gasteiger partial charge in [0, 0.05) is 15.6 Å². The van der Waals surface area contributed by atoms with Crippen molar-refractivity contribution in [2.24, 2.45) is 5.10 Å². The van der Waals surface area contributed by atoms with Crippen molar-refractivity contribution in [2.75, 3.05) is 13.7 Å². The summed E-state index contributed by atoms with van der Waals surface area (Å²) in [4.78, 5) is 30.2. The van der Waals surface area contributed by atoms with E-state index in [1.54, 1.807) is 38.1 Å². The van der Waals surface area contributed by atoms with Gasteiger partial charge in [-0.05, 0) is 63.9 Å². The molecule has 4 aromatic rings. The van der Waals surface area contributed by atoms with Crippen molar-refractivity contribution in [1.29, 1.82) is 0 Å². The Morgan fingerprint density at radius 3 is 2.51 bits per heavy atom. The Labute approximate surface area is 230 Å². The number of methoxy groups -OCH3 is 1. The standard InChI is InChI=1S/C27H23Br2N3O5/c1-4-36-27(34)16(2)37-24-21(35-3)14-18(22(28)23(24)29)15-30-32-25(17-10-6-5-7-11-17)31-20-13-9-8-12-19(20)26(32)33/h5-16H,4H2,1-3H3/t16-/m0/s1. The second-order valence-corrected chi connectivity index (χ2v) is 9.40. The molecule has 0 bridgehead atoms. The van der Waals surface area contributed by atoms with Crippen molar-refractivity contribution in [1.82, 2.24) is 9.66 Å². The van der Waals surface area contributed by atoms with Gasteiger partial charge in [-0.15, -0.1) is 0 Å². The molecule has 0 radical (unpaired) electrons. The lowest BCUT2D eigenvalue weighted by Crippen LogP contribution is -2.26. The van der Waals surface area contributed by atoms with Crippen molar-refractivity contribution in [2.45, 2.75) is 20.0 Å². The lowest BCUT2D eigenvalue weighted by Gasteiger charge is -2.18. The van der Waals surface area contributed by atoms with Crippen LogP contribution in [-0.2, 0) is 9.53 Å². The van der Waals surface area contributed by atoms with E-state index < -0.39 is 12.1 Å². The molecule has 1 aromatic heterocycles. The zero-order valence-electron chi connectivity index (χ0n) is 20.3. The summed E-state index contributed by atoms with van der Waals surface area (Å²) >= 11 is 7.07. The Bertz CT molecular complexity index is 1540. The average Bonchev–Trinajstić information content (AvgIpc) is 2.92. The van der Waals surface area contributed by atoms with E-state index in [1.165, 1.54) is 18.0 Å². The molecule has 0 N–H and O–H groups in total. The van der Waals surface area contributed by atoms with Crippen LogP contribution < -0.4 is 15.0 Å². The number of hydrogen-bond donors (Lipinski definition) is 0.